The van der Waals surface area contributed by atoms with Crippen molar-refractivity contribution < 1.29 is 14.3 Å². The SMILES string of the molecule is COC(=O)C(=O)c1ccc(C)nc1Cl. The van der Waals surface area contributed by atoms with Crippen LogP contribution in [0.3, 0.4) is 0 Å². The summed E-state index contributed by atoms with van der Waals surface area (Å²) in [6.45, 7) is 1.73. The Morgan fingerprint density at radius 1 is 1.43 bits per heavy atom. The van der Waals surface area contributed by atoms with Crippen LogP contribution < -0.4 is 0 Å². The van der Waals surface area contributed by atoms with Crippen LogP contribution in [0.25, 0.3) is 0 Å². The fraction of sp³-hybridized carbons (Fsp3) is 0.222. The molecule has 0 spiro atoms. The second-order valence-electron chi connectivity index (χ2n) is 2.61. The Morgan fingerprint density at radius 3 is 2.57 bits per heavy atom. The number of Topliss-reactive ketones (excluding diaryl/α,β-unsaturated/α-hetero) is 1. The van der Waals surface area contributed by atoms with Crippen LogP contribution in [-0.4, -0.2) is 23.8 Å². The average Bonchev–Trinajstić information content (AvgIpc) is 2.15. The van der Waals surface area contributed by atoms with Crippen molar-refractivity contribution in [2.24, 2.45) is 0 Å². The number of aryl methyl sites for hydroxylation is 1. The normalized spacial score (nSPS) is 9.64. The molecule has 1 aromatic heterocycles. The average molecular weight is 214 g/mol. The molecule has 0 saturated heterocycles. The minimum Gasteiger partial charge on any atom is -0.463 e. The molecule has 0 aliphatic carbocycles. The Morgan fingerprint density at radius 2 is 2.07 bits per heavy atom. The van der Waals surface area contributed by atoms with Gasteiger partial charge in [0.05, 0.1) is 12.7 Å². The summed E-state index contributed by atoms with van der Waals surface area (Å²) in [5.41, 5.74) is 0.737. The molecule has 4 nitrogen and oxygen atoms in total. The maximum absolute atomic E-state index is 11.3. The Bertz CT molecular complexity index is 390. The van der Waals surface area contributed by atoms with Crippen LogP contribution in [0.1, 0.15) is 16.1 Å². The van der Waals surface area contributed by atoms with Crippen LogP contribution in [0.4, 0.5) is 0 Å². The van der Waals surface area contributed by atoms with Gasteiger partial charge < -0.3 is 4.74 Å². The molecule has 0 aliphatic heterocycles. The summed E-state index contributed by atoms with van der Waals surface area (Å²) in [6.07, 6.45) is 0. The summed E-state index contributed by atoms with van der Waals surface area (Å²) in [5, 5.41) is 0.0143. The zero-order valence-corrected chi connectivity index (χ0v) is 8.46. The van der Waals surface area contributed by atoms with Crippen molar-refractivity contribution in [3.8, 4) is 0 Å². The smallest absolute Gasteiger partial charge is 0.379 e. The molecule has 0 unspecified atom stereocenters. The van der Waals surface area contributed by atoms with Gasteiger partial charge in [0.25, 0.3) is 5.78 Å². The van der Waals surface area contributed by atoms with E-state index in [2.05, 4.69) is 9.72 Å². The van der Waals surface area contributed by atoms with Crippen molar-refractivity contribution in [1.29, 1.82) is 0 Å². The number of aromatic nitrogens is 1. The maximum Gasteiger partial charge on any atom is 0.379 e. The second kappa shape index (κ2) is 4.19. The van der Waals surface area contributed by atoms with Crippen LogP contribution in [0.5, 0.6) is 0 Å². The molecule has 5 heteroatoms. The first-order valence-corrected chi connectivity index (χ1v) is 4.20. The number of ketones is 1. The lowest BCUT2D eigenvalue weighted by atomic mass is 10.2. The number of ether oxygens (including phenoxy) is 1. The van der Waals surface area contributed by atoms with Crippen LogP contribution in [0.2, 0.25) is 5.15 Å². The molecule has 0 atom stereocenters. The van der Waals surface area contributed by atoms with Crippen LogP contribution >= 0.6 is 11.6 Å². The third-order valence-corrected chi connectivity index (χ3v) is 1.89. The van der Waals surface area contributed by atoms with E-state index in [0.717, 1.165) is 7.11 Å². The highest BCUT2D eigenvalue weighted by molar-refractivity contribution is 6.45. The van der Waals surface area contributed by atoms with E-state index in [1.165, 1.54) is 6.07 Å². The fourth-order valence-corrected chi connectivity index (χ4v) is 1.18. The minimum absolute atomic E-state index is 0.0143. The lowest BCUT2D eigenvalue weighted by Crippen LogP contribution is -2.16. The molecule has 0 fully saturated rings. The Hall–Kier alpha value is -1.42. The van der Waals surface area contributed by atoms with E-state index in [0.29, 0.717) is 5.69 Å². The van der Waals surface area contributed by atoms with E-state index >= 15 is 0 Å². The van der Waals surface area contributed by atoms with Crippen molar-refractivity contribution >= 4 is 23.4 Å². The Labute approximate surface area is 85.9 Å². The highest BCUT2D eigenvalue weighted by Gasteiger charge is 2.20. The zero-order valence-electron chi connectivity index (χ0n) is 7.70. The number of carbonyl (C=O) groups excluding carboxylic acids is 2. The lowest BCUT2D eigenvalue weighted by molar-refractivity contribution is -0.135. The first-order chi connectivity index (χ1) is 6.56. The topological polar surface area (TPSA) is 56.3 Å². The monoisotopic (exact) mass is 213 g/mol. The van der Waals surface area contributed by atoms with Gasteiger partial charge in [-0.25, -0.2) is 9.78 Å². The lowest BCUT2D eigenvalue weighted by Gasteiger charge is -2.01. The molecule has 1 rings (SSSR count). The highest BCUT2D eigenvalue weighted by atomic mass is 35.5. The second-order valence-corrected chi connectivity index (χ2v) is 2.97. The number of halogens is 1. The largest absolute Gasteiger partial charge is 0.463 e. The zero-order chi connectivity index (χ0) is 10.7. The van der Waals surface area contributed by atoms with Crippen molar-refractivity contribution in [1.82, 2.24) is 4.98 Å². The van der Waals surface area contributed by atoms with Gasteiger partial charge in [-0.3, -0.25) is 4.79 Å². The molecule has 1 heterocycles. The van der Waals surface area contributed by atoms with Gasteiger partial charge in [0.2, 0.25) is 0 Å². The van der Waals surface area contributed by atoms with E-state index in [9.17, 15) is 9.59 Å². The highest BCUT2D eigenvalue weighted by Crippen LogP contribution is 2.14. The van der Waals surface area contributed by atoms with Gasteiger partial charge in [0.1, 0.15) is 5.15 Å². The molecule has 74 valence electrons. The number of nitrogens with zero attached hydrogens (tertiary/aromatic N) is 1. The van der Waals surface area contributed by atoms with Gasteiger partial charge in [0, 0.05) is 5.69 Å². The van der Waals surface area contributed by atoms with E-state index in [1.54, 1.807) is 13.0 Å². The third kappa shape index (κ3) is 2.09. The fourth-order valence-electron chi connectivity index (χ4n) is 0.897. The van der Waals surface area contributed by atoms with Crippen LogP contribution in [0.15, 0.2) is 12.1 Å². The first-order valence-electron chi connectivity index (χ1n) is 3.82. The summed E-state index contributed by atoms with van der Waals surface area (Å²) in [4.78, 5) is 26.0. The van der Waals surface area contributed by atoms with Gasteiger partial charge in [0.15, 0.2) is 0 Å². The summed E-state index contributed by atoms with van der Waals surface area (Å²) >= 11 is 5.69. The Balaban J connectivity index is 3.08. The number of pyridine rings is 1. The van der Waals surface area contributed by atoms with Crippen molar-refractivity contribution in [2.75, 3.05) is 7.11 Å². The standard InChI is InChI=1S/C9H8ClNO3/c1-5-3-4-6(8(10)11-5)7(12)9(13)14-2/h3-4H,1-2H3. The van der Waals surface area contributed by atoms with Gasteiger partial charge in [-0.2, -0.15) is 0 Å². The molecule has 0 saturated carbocycles. The minimum atomic E-state index is -0.947. The first kappa shape index (κ1) is 10.7. The summed E-state index contributed by atoms with van der Waals surface area (Å²) in [7, 11) is 1.13. The quantitative estimate of drug-likeness (QED) is 0.323. The molecule has 1 aromatic rings. The van der Waals surface area contributed by atoms with E-state index in [-0.39, 0.29) is 10.7 Å². The number of hydrogen-bond acceptors (Lipinski definition) is 4. The molecular weight excluding hydrogens is 206 g/mol. The molecule has 14 heavy (non-hydrogen) atoms. The van der Waals surface area contributed by atoms with Crippen molar-refractivity contribution in [2.45, 2.75) is 6.92 Å². The van der Waals surface area contributed by atoms with Crippen LogP contribution in [0, 0.1) is 6.92 Å². The molecule has 0 N–H and O–H groups in total. The van der Waals surface area contributed by atoms with Crippen LogP contribution in [-0.2, 0) is 9.53 Å². The van der Waals surface area contributed by atoms with Gasteiger partial charge in [-0.05, 0) is 19.1 Å². The predicted octanol–water partition coefficient (Wildman–Crippen LogP) is 1.40. The van der Waals surface area contributed by atoms with Crippen molar-refractivity contribution in [3.63, 3.8) is 0 Å². The number of rotatable bonds is 2. The number of methoxy groups -OCH3 is 1. The van der Waals surface area contributed by atoms with E-state index in [1.807, 2.05) is 0 Å². The summed E-state index contributed by atoms with van der Waals surface area (Å²) in [6, 6.07) is 3.05. The summed E-state index contributed by atoms with van der Waals surface area (Å²) in [5.74, 6) is -1.73. The maximum atomic E-state index is 11.3. The van der Waals surface area contributed by atoms with Gasteiger partial charge >= 0.3 is 5.97 Å². The number of carbonyl (C=O) groups is 2. The number of esters is 1. The third-order valence-electron chi connectivity index (χ3n) is 1.60. The summed E-state index contributed by atoms with van der Waals surface area (Å²) < 4.78 is 4.28. The molecule has 0 aromatic carbocycles. The van der Waals surface area contributed by atoms with Gasteiger partial charge in [-0.1, -0.05) is 11.6 Å². The molecule has 0 bridgehead atoms. The number of hydrogen-bond donors (Lipinski definition) is 0. The molecule has 0 amide bonds. The molecular formula is C9H8ClNO3. The predicted molar refractivity (Wildman–Crippen MR) is 50.3 cm³/mol. The van der Waals surface area contributed by atoms with Crippen molar-refractivity contribution in [3.05, 3.63) is 28.5 Å². The van der Waals surface area contributed by atoms with E-state index in [4.69, 9.17) is 11.6 Å². The Kier molecular flexibility index (Phi) is 3.19. The molecule has 0 radical (unpaired) electrons. The molecule has 0 aliphatic rings. The van der Waals surface area contributed by atoms with E-state index < -0.39 is 11.8 Å². The van der Waals surface area contributed by atoms with Gasteiger partial charge in [-0.15, -0.1) is 0 Å².